The molecule has 0 bridgehead atoms. The van der Waals surface area contributed by atoms with Crippen LogP contribution in [0.3, 0.4) is 0 Å². The van der Waals surface area contributed by atoms with Gasteiger partial charge in [-0.1, -0.05) is 18.2 Å². The number of rotatable bonds is 4. The van der Waals surface area contributed by atoms with Crippen LogP contribution in [0.25, 0.3) is 6.08 Å². The smallest absolute Gasteiger partial charge is 0.253 e. The van der Waals surface area contributed by atoms with Crippen LogP contribution in [-0.4, -0.2) is 10.9 Å². The fourth-order valence-electron chi connectivity index (χ4n) is 2.11. The maximum atomic E-state index is 13.4. The third-order valence-corrected chi connectivity index (χ3v) is 3.25. The Balaban J connectivity index is 2.02. The van der Waals surface area contributed by atoms with Crippen molar-refractivity contribution >= 4 is 12.0 Å². The summed E-state index contributed by atoms with van der Waals surface area (Å²) >= 11 is 0. The van der Waals surface area contributed by atoms with Gasteiger partial charge in [-0.2, -0.15) is 0 Å². The van der Waals surface area contributed by atoms with Crippen molar-refractivity contribution in [2.24, 2.45) is 0 Å². The van der Waals surface area contributed by atoms with E-state index in [-0.39, 0.29) is 18.0 Å². The Labute approximate surface area is 127 Å². The van der Waals surface area contributed by atoms with Crippen LogP contribution in [0.5, 0.6) is 0 Å². The Morgan fingerprint density at radius 3 is 2.73 bits per heavy atom. The van der Waals surface area contributed by atoms with Crippen molar-refractivity contribution in [3.8, 4) is 0 Å². The molecule has 1 aromatic carbocycles. The molecule has 0 atom stereocenters. The average molecular weight is 300 g/mol. The summed E-state index contributed by atoms with van der Waals surface area (Å²) in [6.07, 6.45) is 2.65. The van der Waals surface area contributed by atoms with Gasteiger partial charge in [0.05, 0.1) is 0 Å². The lowest BCUT2D eigenvalue weighted by molar-refractivity contribution is -0.116. The molecule has 1 amide bonds. The molecular weight excluding hydrogens is 283 g/mol. The van der Waals surface area contributed by atoms with E-state index in [9.17, 15) is 14.0 Å². The van der Waals surface area contributed by atoms with E-state index in [0.29, 0.717) is 11.1 Å². The lowest BCUT2D eigenvalue weighted by atomic mass is 10.1. The number of hydrogen-bond acceptors (Lipinski definition) is 2. The molecule has 1 heterocycles. The van der Waals surface area contributed by atoms with Gasteiger partial charge in [0.15, 0.2) is 0 Å². The van der Waals surface area contributed by atoms with E-state index in [1.54, 1.807) is 25.1 Å². The Morgan fingerprint density at radius 1 is 1.32 bits per heavy atom. The molecule has 0 fully saturated rings. The average Bonchev–Trinajstić information content (AvgIpc) is 2.45. The number of benzene rings is 1. The first-order valence-electron chi connectivity index (χ1n) is 6.87. The molecule has 0 aliphatic rings. The van der Waals surface area contributed by atoms with Gasteiger partial charge in [0.2, 0.25) is 5.91 Å². The summed E-state index contributed by atoms with van der Waals surface area (Å²) in [6.45, 7) is 3.74. The minimum Gasteiger partial charge on any atom is -0.348 e. The van der Waals surface area contributed by atoms with Crippen molar-refractivity contribution in [2.45, 2.75) is 20.4 Å². The minimum absolute atomic E-state index is 0.127. The summed E-state index contributed by atoms with van der Waals surface area (Å²) in [5.74, 6) is -0.778. The minimum atomic E-state index is -0.391. The first kappa shape index (κ1) is 15.7. The number of aromatic amines is 1. The number of amides is 1. The van der Waals surface area contributed by atoms with E-state index in [2.05, 4.69) is 10.3 Å². The van der Waals surface area contributed by atoms with Gasteiger partial charge in [0, 0.05) is 29.4 Å². The van der Waals surface area contributed by atoms with Crippen LogP contribution in [0.4, 0.5) is 4.39 Å². The highest BCUT2D eigenvalue weighted by Gasteiger charge is 2.06. The fourth-order valence-corrected chi connectivity index (χ4v) is 2.11. The van der Waals surface area contributed by atoms with Crippen LogP contribution in [-0.2, 0) is 11.3 Å². The van der Waals surface area contributed by atoms with Gasteiger partial charge in [0.25, 0.3) is 5.56 Å². The van der Waals surface area contributed by atoms with Gasteiger partial charge in [0.1, 0.15) is 5.82 Å². The van der Waals surface area contributed by atoms with Gasteiger partial charge in [-0.25, -0.2) is 4.39 Å². The first-order chi connectivity index (χ1) is 10.5. The van der Waals surface area contributed by atoms with E-state index in [4.69, 9.17) is 0 Å². The van der Waals surface area contributed by atoms with Crippen molar-refractivity contribution in [3.05, 3.63) is 75.0 Å². The third-order valence-electron chi connectivity index (χ3n) is 3.25. The molecule has 0 aliphatic heterocycles. The number of pyridine rings is 1. The molecule has 2 aromatic rings. The highest BCUT2D eigenvalue weighted by atomic mass is 19.1. The topological polar surface area (TPSA) is 62.0 Å². The highest BCUT2D eigenvalue weighted by molar-refractivity contribution is 5.91. The van der Waals surface area contributed by atoms with Crippen molar-refractivity contribution in [1.29, 1.82) is 0 Å². The van der Waals surface area contributed by atoms with Crippen molar-refractivity contribution in [1.82, 2.24) is 10.3 Å². The molecule has 5 heteroatoms. The molecule has 114 valence electrons. The molecule has 0 saturated carbocycles. The number of hydrogen-bond donors (Lipinski definition) is 2. The van der Waals surface area contributed by atoms with Gasteiger partial charge in [-0.05, 0) is 37.6 Å². The maximum Gasteiger partial charge on any atom is 0.253 e. The molecule has 22 heavy (non-hydrogen) atoms. The van der Waals surface area contributed by atoms with Crippen molar-refractivity contribution < 1.29 is 9.18 Å². The SMILES string of the molecule is Cc1cc(C)c(CNC(=O)C=Cc2ccccc2F)c(=O)[nH]1. The number of nitrogens with one attached hydrogen (secondary N) is 2. The first-order valence-corrected chi connectivity index (χ1v) is 6.87. The van der Waals surface area contributed by atoms with Gasteiger partial charge in [-0.15, -0.1) is 0 Å². The molecule has 4 nitrogen and oxygen atoms in total. The molecule has 1 aromatic heterocycles. The van der Waals surface area contributed by atoms with Crippen molar-refractivity contribution in [3.63, 3.8) is 0 Å². The summed E-state index contributed by atoms with van der Waals surface area (Å²) in [5, 5.41) is 2.62. The zero-order chi connectivity index (χ0) is 16.1. The van der Waals surface area contributed by atoms with E-state index < -0.39 is 5.82 Å². The van der Waals surface area contributed by atoms with Crippen LogP contribution in [0.15, 0.2) is 41.2 Å². The highest BCUT2D eigenvalue weighted by Crippen LogP contribution is 2.08. The van der Waals surface area contributed by atoms with Crippen LogP contribution < -0.4 is 10.9 Å². The Kier molecular flexibility index (Phi) is 4.88. The summed E-state index contributed by atoms with van der Waals surface area (Å²) < 4.78 is 13.4. The molecule has 0 radical (unpaired) electrons. The Morgan fingerprint density at radius 2 is 2.05 bits per heavy atom. The van der Waals surface area contributed by atoms with E-state index in [1.165, 1.54) is 18.2 Å². The van der Waals surface area contributed by atoms with Crippen LogP contribution in [0, 0.1) is 19.7 Å². The molecule has 2 rings (SSSR count). The predicted octanol–water partition coefficient (Wildman–Crippen LogP) is 2.46. The van der Waals surface area contributed by atoms with Crippen LogP contribution in [0.1, 0.15) is 22.4 Å². The second-order valence-corrected chi connectivity index (χ2v) is 5.02. The zero-order valence-electron chi connectivity index (χ0n) is 12.4. The maximum absolute atomic E-state index is 13.4. The number of aryl methyl sites for hydroxylation is 2. The summed E-state index contributed by atoms with van der Waals surface area (Å²) in [6, 6.07) is 8.02. The largest absolute Gasteiger partial charge is 0.348 e. The third kappa shape index (κ3) is 3.91. The number of H-pyrrole nitrogens is 1. The van der Waals surface area contributed by atoms with E-state index in [0.717, 1.165) is 11.3 Å². The summed E-state index contributed by atoms with van der Waals surface area (Å²) in [7, 11) is 0. The second-order valence-electron chi connectivity index (χ2n) is 5.02. The number of aromatic nitrogens is 1. The molecule has 0 spiro atoms. The van der Waals surface area contributed by atoms with Crippen LogP contribution >= 0.6 is 0 Å². The van der Waals surface area contributed by atoms with Gasteiger partial charge < -0.3 is 10.3 Å². The van der Waals surface area contributed by atoms with Crippen LogP contribution in [0.2, 0.25) is 0 Å². The fraction of sp³-hybridized carbons (Fsp3) is 0.176. The van der Waals surface area contributed by atoms with Gasteiger partial charge in [-0.3, -0.25) is 9.59 Å². The summed E-state index contributed by atoms with van der Waals surface area (Å²) in [4.78, 5) is 26.3. The molecule has 0 unspecified atom stereocenters. The Bertz CT molecular complexity index is 778. The zero-order valence-corrected chi connectivity index (χ0v) is 12.4. The van der Waals surface area contributed by atoms with E-state index in [1.807, 2.05) is 13.0 Å². The predicted molar refractivity (Wildman–Crippen MR) is 83.8 cm³/mol. The molecule has 2 N–H and O–H groups in total. The number of carbonyl (C=O) groups is 1. The normalized spacial score (nSPS) is 10.9. The monoisotopic (exact) mass is 300 g/mol. The van der Waals surface area contributed by atoms with Gasteiger partial charge >= 0.3 is 0 Å². The second kappa shape index (κ2) is 6.85. The van der Waals surface area contributed by atoms with E-state index >= 15 is 0 Å². The summed E-state index contributed by atoms with van der Waals surface area (Å²) in [5.41, 5.74) is 2.23. The molecule has 0 aliphatic carbocycles. The standard InChI is InChI=1S/C17H17FN2O2/c1-11-9-12(2)20-17(22)14(11)10-19-16(21)8-7-13-5-3-4-6-15(13)18/h3-9H,10H2,1-2H3,(H,19,21)(H,20,22). The lowest BCUT2D eigenvalue weighted by Gasteiger charge is -2.06. The number of carbonyl (C=O) groups excluding carboxylic acids is 1. The Hall–Kier alpha value is -2.69. The number of halogens is 1. The van der Waals surface area contributed by atoms with Crippen molar-refractivity contribution in [2.75, 3.05) is 0 Å². The lowest BCUT2D eigenvalue weighted by Crippen LogP contribution is -2.26. The molecular formula is C17H17FN2O2. The molecule has 0 saturated heterocycles. The quantitative estimate of drug-likeness (QED) is 0.852.